The van der Waals surface area contributed by atoms with Gasteiger partial charge in [-0.1, -0.05) is 31.2 Å². The van der Waals surface area contributed by atoms with E-state index in [1.54, 1.807) is 0 Å². The van der Waals surface area contributed by atoms with E-state index < -0.39 is 23.4 Å². The van der Waals surface area contributed by atoms with Gasteiger partial charge in [0.1, 0.15) is 0 Å². The van der Waals surface area contributed by atoms with Gasteiger partial charge in [-0.25, -0.2) is 0 Å². The Hall–Kier alpha value is -0.940. The van der Waals surface area contributed by atoms with Crippen LogP contribution in [0.25, 0.3) is 0 Å². The topological polar surface area (TPSA) is 80.9 Å². The van der Waals surface area contributed by atoms with Crippen LogP contribution in [0.2, 0.25) is 0 Å². The monoisotopic (exact) mass is 432 g/mol. The molecule has 3 rings (SSSR count). The number of fused-ring (bicyclic) bond motifs is 1. The minimum atomic E-state index is -0.721. The van der Waals surface area contributed by atoms with Gasteiger partial charge in [-0.05, 0) is 107 Å². The molecule has 0 aromatic carbocycles. The minimum absolute atomic E-state index is 0.0867. The normalized spacial score (nSPS) is 39.0. The van der Waals surface area contributed by atoms with E-state index in [9.17, 15) is 20.4 Å². The smallest absolute Gasteiger partial charge is 0.0811 e. The molecule has 3 fully saturated rings. The highest BCUT2D eigenvalue weighted by Crippen LogP contribution is 2.60. The van der Waals surface area contributed by atoms with Gasteiger partial charge in [-0.3, -0.25) is 0 Å². The first-order valence-corrected chi connectivity index (χ1v) is 12.2. The summed E-state index contributed by atoms with van der Waals surface area (Å²) in [5.74, 6) is 0.729. The van der Waals surface area contributed by atoms with Crippen LogP contribution in [0.1, 0.15) is 91.9 Å². The number of allylic oxidation sites excluding steroid dienone is 3. The molecule has 31 heavy (non-hydrogen) atoms. The highest BCUT2D eigenvalue weighted by Gasteiger charge is 2.54. The van der Waals surface area contributed by atoms with E-state index >= 15 is 0 Å². The van der Waals surface area contributed by atoms with Gasteiger partial charge in [0.15, 0.2) is 0 Å². The summed E-state index contributed by atoms with van der Waals surface area (Å²) >= 11 is 0. The Bertz CT molecular complexity index is 726. The fraction of sp³-hybridized carbons (Fsp3) is 0.778. The maximum Gasteiger partial charge on any atom is 0.0811 e. The van der Waals surface area contributed by atoms with Crippen molar-refractivity contribution in [2.24, 2.45) is 17.3 Å². The van der Waals surface area contributed by atoms with E-state index in [2.05, 4.69) is 25.7 Å². The Balaban J connectivity index is 1.75. The summed E-state index contributed by atoms with van der Waals surface area (Å²) in [7, 11) is 0. The van der Waals surface area contributed by atoms with E-state index in [-0.39, 0.29) is 11.3 Å². The molecule has 0 saturated heterocycles. The van der Waals surface area contributed by atoms with E-state index in [1.165, 1.54) is 5.57 Å². The van der Waals surface area contributed by atoms with E-state index in [0.717, 1.165) is 56.1 Å². The second-order valence-corrected chi connectivity index (χ2v) is 11.6. The van der Waals surface area contributed by atoms with Crippen LogP contribution >= 0.6 is 0 Å². The van der Waals surface area contributed by atoms with E-state index in [1.807, 2.05) is 20.8 Å². The maximum atomic E-state index is 11.4. The van der Waals surface area contributed by atoms with Gasteiger partial charge < -0.3 is 20.4 Å². The van der Waals surface area contributed by atoms with Crippen LogP contribution in [0, 0.1) is 17.3 Å². The average Bonchev–Trinajstić information content (AvgIpc) is 3.00. The summed E-state index contributed by atoms with van der Waals surface area (Å²) in [6.45, 7) is 12.1. The van der Waals surface area contributed by atoms with Crippen molar-refractivity contribution in [3.8, 4) is 0 Å². The van der Waals surface area contributed by atoms with Crippen molar-refractivity contribution in [1.29, 1.82) is 0 Å². The van der Waals surface area contributed by atoms with Crippen LogP contribution in [0.3, 0.4) is 0 Å². The van der Waals surface area contributed by atoms with E-state index in [4.69, 9.17) is 0 Å². The summed E-state index contributed by atoms with van der Waals surface area (Å²) in [4.78, 5) is 0. The quantitative estimate of drug-likeness (QED) is 0.485. The highest BCUT2D eigenvalue weighted by atomic mass is 16.3. The second-order valence-electron chi connectivity index (χ2n) is 11.6. The zero-order valence-corrected chi connectivity index (χ0v) is 20.0. The third kappa shape index (κ3) is 5.52. The molecule has 4 nitrogen and oxygen atoms in total. The molecule has 0 bridgehead atoms. The first-order valence-electron chi connectivity index (χ1n) is 12.2. The van der Waals surface area contributed by atoms with Gasteiger partial charge in [0, 0.05) is 6.42 Å². The van der Waals surface area contributed by atoms with Crippen LogP contribution in [-0.4, -0.2) is 43.8 Å². The predicted molar refractivity (Wildman–Crippen MR) is 125 cm³/mol. The molecule has 2 unspecified atom stereocenters. The first-order chi connectivity index (χ1) is 14.3. The Kier molecular flexibility index (Phi) is 7.27. The van der Waals surface area contributed by atoms with Crippen molar-refractivity contribution in [1.82, 2.24) is 0 Å². The van der Waals surface area contributed by atoms with Crippen LogP contribution in [-0.2, 0) is 0 Å². The lowest BCUT2D eigenvalue weighted by Crippen LogP contribution is -2.45. The van der Waals surface area contributed by atoms with Gasteiger partial charge in [-0.2, -0.15) is 0 Å². The van der Waals surface area contributed by atoms with Gasteiger partial charge in [0.2, 0.25) is 0 Å². The number of hydrogen-bond donors (Lipinski definition) is 4. The van der Waals surface area contributed by atoms with Crippen molar-refractivity contribution < 1.29 is 20.4 Å². The van der Waals surface area contributed by atoms with Gasteiger partial charge in [-0.15, -0.1) is 0 Å². The summed E-state index contributed by atoms with van der Waals surface area (Å²) in [6, 6.07) is 0. The summed E-state index contributed by atoms with van der Waals surface area (Å²) in [5.41, 5.74) is 1.82. The number of aliphatic hydroxyl groups excluding tert-OH is 2. The summed E-state index contributed by atoms with van der Waals surface area (Å²) in [5, 5.41) is 41.6. The number of aliphatic hydroxyl groups is 4. The van der Waals surface area contributed by atoms with Crippen LogP contribution in [0.15, 0.2) is 35.5 Å². The zero-order chi connectivity index (χ0) is 23.0. The lowest BCUT2D eigenvalue weighted by atomic mass is 9.59. The van der Waals surface area contributed by atoms with Crippen molar-refractivity contribution in [2.45, 2.75) is 115 Å². The number of rotatable bonds is 6. The van der Waals surface area contributed by atoms with Crippen molar-refractivity contribution in [3.63, 3.8) is 0 Å². The third-order valence-electron chi connectivity index (χ3n) is 8.45. The average molecular weight is 433 g/mol. The Morgan fingerprint density at radius 3 is 2.48 bits per heavy atom. The maximum absolute atomic E-state index is 11.4. The highest BCUT2D eigenvalue weighted by molar-refractivity contribution is 5.38. The molecule has 0 spiro atoms. The van der Waals surface area contributed by atoms with Gasteiger partial charge in [0.05, 0.1) is 23.4 Å². The lowest BCUT2D eigenvalue weighted by Gasteiger charge is -2.47. The van der Waals surface area contributed by atoms with Crippen LogP contribution in [0.5, 0.6) is 0 Å². The van der Waals surface area contributed by atoms with Crippen molar-refractivity contribution in [2.75, 3.05) is 0 Å². The standard InChI is InChI=1S/C27H44O4/c1-18-20(16-21(28)17-23(18)29)10-9-19-8-6-14-26(4)22(19)11-12-24(26)27(5,31)15-7-13-25(2,3)30/h9-10,21-24,28-31H,1,6-8,11-17H2,2-5H3/b19-9+,20-10-/t21-,22?,23?,24+,26+,27+/m1/s1. The molecule has 0 aliphatic heterocycles. The second kappa shape index (κ2) is 9.13. The molecule has 3 aliphatic rings. The lowest BCUT2D eigenvalue weighted by molar-refractivity contribution is -0.0680. The molecule has 3 saturated carbocycles. The Morgan fingerprint density at radius 2 is 1.81 bits per heavy atom. The Morgan fingerprint density at radius 1 is 1.10 bits per heavy atom. The molecular weight excluding hydrogens is 388 g/mol. The van der Waals surface area contributed by atoms with Crippen LogP contribution < -0.4 is 0 Å². The molecule has 0 heterocycles. The SMILES string of the molecule is C=C1/C(=C\C=C2/CCC[C@@]3(C)C2CC[C@@H]3[C@@](C)(O)CCCC(C)(C)O)C[C@@H](O)CC1O. The molecule has 4 N–H and O–H groups in total. The molecule has 6 atom stereocenters. The molecular formula is C27H44O4. The Labute approximate surface area is 188 Å². The fourth-order valence-corrected chi connectivity index (χ4v) is 6.78. The zero-order valence-electron chi connectivity index (χ0n) is 20.0. The van der Waals surface area contributed by atoms with Gasteiger partial charge in [0.25, 0.3) is 0 Å². The molecule has 4 heteroatoms. The third-order valence-corrected chi connectivity index (χ3v) is 8.45. The molecule has 0 aromatic heterocycles. The number of hydrogen-bond acceptors (Lipinski definition) is 4. The molecule has 176 valence electrons. The molecule has 0 amide bonds. The summed E-state index contributed by atoms with van der Waals surface area (Å²) in [6.07, 6.45) is 11.8. The minimum Gasteiger partial charge on any atom is -0.393 e. The fourth-order valence-electron chi connectivity index (χ4n) is 6.78. The molecule has 0 aromatic rings. The summed E-state index contributed by atoms with van der Waals surface area (Å²) < 4.78 is 0. The first kappa shape index (κ1) is 24.7. The van der Waals surface area contributed by atoms with Crippen molar-refractivity contribution >= 4 is 0 Å². The largest absolute Gasteiger partial charge is 0.393 e. The van der Waals surface area contributed by atoms with Gasteiger partial charge >= 0.3 is 0 Å². The van der Waals surface area contributed by atoms with Crippen molar-refractivity contribution in [3.05, 3.63) is 35.5 Å². The van der Waals surface area contributed by atoms with E-state index in [0.29, 0.717) is 25.2 Å². The van der Waals surface area contributed by atoms with Crippen LogP contribution in [0.4, 0.5) is 0 Å². The molecule has 3 aliphatic carbocycles. The molecule has 0 radical (unpaired) electrons. The predicted octanol–water partition coefficient (Wildman–Crippen LogP) is 4.82.